The lowest BCUT2D eigenvalue weighted by Crippen LogP contribution is -2.03. The van der Waals surface area contributed by atoms with E-state index in [0.717, 1.165) is 11.6 Å². The van der Waals surface area contributed by atoms with E-state index in [1.54, 1.807) is 30.3 Å². The van der Waals surface area contributed by atoms with Crippen LogP contribution in [0.4, 0.5) is 13.2 Å². The van der Waals surface area contributed by atoms with Crippen LogP contribution >= 0.6 is 11.3 Å². The second kappa shape index (κ2) is 4.92. The van der Waals surface area contributed by atoms with Crippen LogP contribution in [0, 0.1) is 0 Å². The monoisotopic (exact) mass is 308 g/mol. The Labute approximate surface area is 121 Å². The molecule has 0 saturated carbocycles. The molecule has 1 aromatic carbocycles. The fourth-order valence-corrected chi connectivity index (χ4v) is 2.67. The van der Waals surface area contributed by atoms with Crippen molar-refractivity contribution >= 4 is 28.0 Å². The van der Waals surface area contributed by atoms with Gasteiger partial charge in [0, 0.05) is 23.3 Å². The van der Waals surface area contributed by atoms with E-state index in [0.29, 0.717) is 16.9 Å². The largest absolute Gasteiger partial charge is 0.443 e. The smallest absolute Gasteiger partial charge is 0.288 e. The molecule has 3 rings (SSSR count). The van der Waals surface area contributed by atoms with Crippen LogP contribution in [0.1, 0.15) is 20.2 Å². The molecule has 0 aliphatic carbocycles. The SMILES string of the molecule is O=C(c1cnc(C(F)(F)F)s1)c1cccc2cccnc12. The summed E-state index contributed by atoms with van der Waals surface area (Å²) in [5.41, 5.74) is 0.734. The fourth-order valence-electron chi connectivity index (χ4n) is 1.93. The number of ketones is 1. The van der Waals surface area contributed by atoms with Crippen molar-refractivity contribution in [2.24, 2.45) is 0 Å². The summed E-state index contributed by atoms with van der Waals surface area (Å²) in [6.45, 7) is 0. The molecule has 0 aliphatic heterocycles. The number of benzene rings is 1. The summed E-state index contributed by atoms with van der Waals surface area (Å²) in [6.07, 6.45) is -2.05. The number of fused-ring (bicyclic) bond motifs is 1. The standard InChI is InChI=1S/C14H7F3N2OS/c15-14(16,17)13-19-7-10(21-13)12(20)9-5-1-3-8-4-2-6-18-11(8)9/h1-7H. The molecule has 106 valence electrons. The normalized spacial score (nSPS) is 11.8. The molecule has 0 amide bonds. The average molecular weight is 308 g/mol. The van der Waals surface area contributed by atoms with Crippen molar-refractivity contribution in [3.8, 4) is 0 Å². The maximum Gasteiger partial charge on any atom is 0.443 e. The number of halogens is 3. The first-order chi connectivity index (χ1) is 9.97. The summed E-state index contributed by atoms with van der Waals surface area (Å²) < 4.78 is 37.6. The topological polar surface area (TPSA) is 42.9 Å². The van der Waals surface area contributed by atoms with E-state index in [9.17, 15) is 18.0 Å². The third-order valence-corrected chi connectivity index (χ3v) is 3.89. The maximum absolute atomic E-state index is 12.5. The van der Waals surface area contributed by atoms with Crippen molar-refractivity contribution in [1.29, 1.82) is 0 Å². The number of alkyl halides is 3. The Morgan fingerprint density at radius 2 is 1.86 bits per heavy atom. The first-order valence-corrected chi connectivity index (χ1v) is 6.70. The summed E-state index contributed by atoms with van der Waals surface area (Å²) >= 11 is 0.338. The van der Waals surface area contributed by atoms with Gasteiger partial charge in [-0.1, -0.05) is 18.2 Å². The van der Waals surface area contributed by atoms with Crippen LogP contribution in [0.25, 0.3) is 10.9 Å². The van der Waals surface area contributed by atoms with E-state index >= 15 is 0 Å². The third kappa shape index (κ3) is 2.52. The summed E-state index contributed by atoms with van der Waals surface area (Å²) in [7, 11) is 0. The first kappa shape index (κ1) is 13.7. The predicted octanol–water partition coefficient (Wildman–Crippen LogP) is 3.94. The van der Waals surface area contributed by atoms with Crippen LogP contribution in [0.3, 0.4) is 0 Å². The third-order valence-electron chi connectivity index (χ3n) is 2.85. The molecule has 21 heavy (non-hydrogen) atoms. The van der Waals surface area contributed by atoms with Crippen LogP contribution in [-0.2, 0) is 6.18 Å². The minimum absolute atomic E-state index is 0.0551. The second-order valence-corrected chi connectivity index (χ2v) is 5.27. The van der Waals surface area contributed by atoms with Crippen LogP contribution in [0.15, 0.2) is 42.7 Å². The highest BCUT2D eigenvalue weighted by molar-refractivity contribution is 7.14. The highest BCUT2D eigenvalue weighted by Gasteiger charge is 2.35. The van der Waals surface area contributed by atoms with E-state index in [1.807, 2.05) is 0 Å². The number of thiazole rings is 1. The highest BCUT2D eigenvalue weighted by Crippen LogP contribution is 2.33. The molecule has 7 heteroatoms. The van der Waals surface area contributed by atoms with Crippen molar-refractivity contribution in [3.63, 3.8) is 0 Å². The number of aromatic nitrogens is 2. The van der Waals surface area contributed by atoms with Crippen LogP contribution in [0.5, 0.6) is 0 Å². The van der Waals surface area contributed by atoms with Gasteiger partial charge in [0.05, 0.1) is 10.4 Å². The van der Waals surface area contributed by atoms with Crippen molar-refractivity contribution in [3.05, 3.63) is 58.2 Å². The molecule has 3 nitrogen and oxygen atoms in total. The van der Waals surface area contributed by atoms with Gasteiger partial charge < -0.3 is 0 Å². The zero-order valence-electron chi connectivity index (χ0n) is 10.4. The summed E-state index contributed by atoms with van der Waals surface area (Å²) in [5, 5.41) is -0.275. The molecular weight excluding hydrogens is 301 g/mol. The molecule has 0 radical (unpaired) electrons. The van der Waals surface area contributed by atoms with Crippen molar-refractivity contribution < 1.29 is 18.0 Å². The molecule has 0 saturated heterocycles. The van der Waals surface area contributed by atoms with Gasteiger partial charge in [-0.05, 0) is 12.1 Å². The molecule has 0 spiro atoms. The summed E-state index contributed by atoms with van der Waals surface area (Å²) in [6, 6.07) is 8.51. The number of para-hydroxylation sites is 1. The Bertz CT molecular complexity index is 821. The average Bonchev–Trinajstić information content (AvgIpc) is 2.96. The Morgan fingerprint density at radius 1 is 1.10 bits per heavy atom. The lowest BCUT2D eigenvalue weighted by molar-refractivity contribution is -0.137. The quantitative estimate of drug-likeness (QED) is 0.673. The van der Waals surface area contributed by atoms with Gasteiger partial charge in [0.2, 0.25) is 5.78 Å². The summed E-state index contributed by atoms with van der Waals surface area (Å²) in [5.74, 6) is -0.507. The molecule has 0 atom stereocenters. The van der Waals surface area contributed by atoms with E-state index in [4.69, 9.17) is 0 Å². The summed E-state index contributed by atoms with van der Waals surface area (Å²) in [4.78, 5) is 19.7. The van der Waals surface area contributed by atoms with Gasteiger partial charge in [0.15, 0.2) is 5.01 Å². The second-order valence-electron chi connectivity index (χ2n) is 4.24. The van der Waals surface area contributed by atoms with E-state index in [-0.39, 0.29) is 10.4 Å². The lowest BCUT2D eigenvalue weighted by atomic mass is 10.1. The Morgan fingerprint density at radius 3 is 2.57 bits per heavy atom. The van der Waals surface area contributed by atoms with Gasteiger partial charge in [-0.3, -0.25) is 9.78 Å². The maximum atomic E-state index is 12.5. The molecule has 0 aliphatic rings. The van der Waals surface area contributed by atoms with Gasteiger partial charge in [-0.15, -0.1) is 11.3 Å². The number of hydrogen-bond donors (Lipinski definition) is 0. The van der Waals surface area contributed by atoms with Crippen molar-refractivity contribution in [2.75, 3.05) is 0 Å². The van der Waals surface area contributed by atoms with Crippen LogP contribution in [-0.4, -0.2) is 15.8 Å². The predicted molar refractivity (Wildman–Crippen MR) is 72.3 cm³/mol. The number of pyridine rings is 1. The number of nitrogens with zero attached hydrogens (tertiary/aromatic N) is 2. The number of carbonyl (C=O) groups excluding carboxylic acids is 1. The number of hydrogen-bond acceptors (Lipinski definition) is 4. The molecule has 0 bridgehead atoms. The molecule has 3 aromatic rings. The zero-order chi connectivity index (χ0) is 15.0. The van der Waals surface area contributed by atoms with Crippen molar-refractivity contribution in [1.82, 2.24) is 9.97 Å². The minimum Gasteiger partial charge on any atom is -0.288 e. The van der Waals surface area contributed by atoms with Gasteiger partial charge >= 0.3 is 6.18 Å². The molecular formula is C14H7F3N2OS. The van der Waals surface area contributed by atoms with Gasteiger partial charge in [-0.2, -0.15) is 13.2 Å². The van der Waals surface area contributed by atoms with Gasteiger partial charge in [0.25, 0.3) is 0 Å². The molecule has 0 N–H and O–H groups in total. The van der Waals surface area contributed by atoms with E-state index < -0.39 is 17.0 Å². The molecule has 0 unspecified atom stereocenters. The minimum atomic E-state index is -4.54. The molecule has 2 aromatic heterocycles. The molecule has 0 fully saturated rings. The first-order valence-electron chi connectivity index (χ1n) is 5.88. The highest BCUT2D eigenvalue weighted by atomic mass is 32.1. The zero-order valence-corrected chi connectivity index (χ0v) is 11.2. The van der Waals surface area contributed by atoms with Gasteiger partial charge in [-0.25, -0.2) is 4.98 Å². The van der Waals surface area contributed by atoms with Crippen LogP contribution in [0.2, 0.25) is 0 Å². The van der Waals surface area contributed by atoms with Crippen LogP contribution < -0.4 is 0 Å². The molecule has 2 heterocycles. The van der Waals surface area contributed by atoms with Crippen molar-refractivity contribution in [2.45, 2.75) is 6.18 Å². The fraction of sp³-hybridized carbons (Fsp3) is 0.0714. The number of carbonyl (C=O) groups is 1. The van der Waals surface area contributed by atoms with E-state index in [1.165, 1.54) is 6.20 Å². The Balaban J connectivity index is 2.07. The van der Waals surface area contributed by atoms with E-state index in [2.05, 4.69) is 9.97 Å². The van der Waals surface area contributed by atoms with Gasteiger partial charge in [0.1, 0.15) is 0 Å². The Kier molecular flexibility index (Phi) is 3.21. The lowest BCUT2D eigenvalue weighted by Gasteiger charge is -2.03. The number of rotatable bonds is 2. The Hall–Kier alpha value is -2.28.